The predicted molar refractivity (Wildman–Crippen MR) is 104 cm³/mol. The number of likely N-dealkylation sites (tertiary alicyclic amines) is 1. The first-order valence-corrected chi connectivity index (χ1v) is 9.48. The van der Waals surface area contributed by atoms with Crippen molar-refractivity contribution >= 4 is 30.7 Å². The summed E-state index contributed by atoms with van der Waals surface area (Å²) in [6.07, 6.45) is 9.59. The van der Waals surface area contributed by atoms with E-state index in [2.05, 4.69) is 22.5 Å². The molecule has 0 aromatic rings. The van der Waals surface area contributed by atoms with Crippen molar-refractivity contribution in [1.82, 2.24) is 15.5 Å². The molecule has 2 unspecified atom stereocenters. The highest BCUT2D eigenvalue weighted by Gasteiger charge is 2.34. The van der Waals surface area contributed by atoms with Gasteiger partial charge in [0.15, 0.2) is 0 Å². The summed E-state index contributed by atoms with van der Waals surface area (Å²) in [6.45, 7) is 6.79. The number of halogens is 2. The summed E-state index contributed by atoms with van der Waals surface area (Å²) in [7, 11) is 0. The molecule has 142 valence electrons. The van der Waals surface area contributed by atoms with Gasteiger partial charge in [0.05, 0.1) is 0 Å². The zero-order chi connectivity index (χ0) is 15.4. The van der Waals surface area contributed by atoms with E-state index >= 15 is 0 Å². The second kappa shape index (κ2) is 10.8. The molecule has 6 heteroatoms. The molecule has 0 radical (unpaired) electrons. The number of fused-ring (bicyclic) bond motifs is 2. The lowest BCUT2D eigenvalue weighted by Gasteiger charge is -2.31. The van der Waals surface area contributed by atoms with Crippen LogP contribution in [-0.2, 0) is 4.79 Å². The van der Waals surface area contributed by atoms with E-state index in [1.165, 1.54) is 64.6 Å². The van der Waals surface area contributed by atoms with Gasteiger partial charge in [0, 0.05) is 25.0 Å². The molecule has 3 aliphatic rings. The first-order valence-electron chi connectivity index (χ1n) is 9.48. The maximum atomic E-state index is 12.1. The topological polar surface area (TPSA) is 44.4 Å². The van der Waals surface area contributed by atoms with Gasteiger partial charge in [-0.2, -0.15) is 0 Å². The van der Waals surface area contributed by atoms with Gasteiger partial charge in [-0.3, -0.25) is 4.79 Å². The second-order valence-electron chi connectivity index (χ2n) is 7.70. The minimum absolute atomic E-state index is 0. The molecule has 4 nitrogen and oxygen atoms in total. The first-order chi connectivity index (χ1) is 10.7. The predicted octanol–water partition coefficient (Wildman–Crippen LogP) is 2.99. The third kappa shape index (κ3) is 6.36. The van der Waals surface area contributed by atoms with Crippen molar-refractivity contribution in [3.05, 3.63) is 0 Å². The number of carbonyl (C=O) groups excluding carboxylic acids is 1. The Hall–Kier alpha value is -0.0300. The lowest BCUT2D eigenvalue weighted by molar-refractivity contribution is -0.122. The van der Waals surface area contributed by atoms with Gasteiger partial charge in [0.2, 0.25) is 5.91 Å². The van der Waals surface area contributed by atoms with Gasteiger partial charge in [-0.15, -0.1) is 24.8 Å². The largest absolute Gasteiger partial charge is 0.356 e. The highest BCUT2D eigenvalue weighted by atomic mass is 35.5. The molecule has 2 atom stereocenters. The van der Waals surface area contributed by atoms with Crippen LogP contribution in [0.4, 0.5) is 0 Å². The smallest absolute Gasteiger partial charge is 0.220 e. The van der Waals surface area contributed by atoms with Crippen LogP contribution in [0.15, 0.2) is 0 Å². The molecule has 2 bridgehead atoms. The van der Waals surface area contributed by atoms with E-state index in [9.17, 15) is 4.79 Å². The zero-order valence-electron chi connectivity index (χ0n) is 15.0. The van der Waals surface area contributed by atoms with Crippen molar-refractivity contribution in [3.8, 4) is 0 Å². The van der Waals surface area contributed by atoms with Gasteiger partial charge >= 0.3 is 0 Å². The Morgan fingerprint density at radius 3 is 2.25 bits per heavy atom. The Morgan fingerprint density at radius 2 is 1.67 bits per heavy atom. The fraction of sp³-hybridized carbons (Fsp3) is 0.944. The van der Waals surface area contributed by atoms with E-state index in [1.54, 1.807) is 0 Å². The summed E-state index contributed by atoms with van der Waals surface area (Å²) < 4.78 is 0. The molecule has 1 amide bonds. The van der Waals surface area contributed by atoms with Gasteiger partial charge in [-0.05, 0) is 76.4 Å². The third-order valence-corrected chi connectivity index (χ3v) is 6.07. The summed E-state index contributed by atoms with van der Waals surface area (Å²) >= 11 is 0. The van der Waals surface area contributed by atoms with Gasteiger partial charge in [-0.1, -0.05) is 6.92 Å². The van der Waals surface area contributed by atoms with E-state index in [0.29, 0.717) is 18.0 Å². The molecule has 3 fully saturated rings. The van der Waals surface area contributed by atoms with Crippen LogP contribution in [0.1, 0.15) is 58.3 Å². The van der Waals surface area contributed by atoms with Gasteiger partial charge < -0.3 is 15.5 Å². The normalized spacial score (nSPS) is 30.3. The van der Waals surface area contributed by atoms with Crippen LogP contribution >= 0.6 is 24.8 Å². The lowest BCUT2D eigenvalue weighted by Crippen LogP contribution is -2.40. The van der Waals surface area contributed by atoms with Crippen molar-refractivity contribution in [2.24, 2.45) is 11.8 Å². The fourth-order valence-corrected chi connectivity index (χ4v) is 4.68. The average Bonchev–Trinajstić information content (AvgIpc) is 2.87. The number of nitrogens with one attached hydrogen (secondary N) is 2. The number of carbonyl (C=O) groups is 1. The Morgan fingerprint density at radius 1 is 1.04 bits per heavy atom. The summed E-state index contributed by atoms with van der Waals surface area (Å²) in [5.74, 6) is 1.72. The summed E-state index contributed by atoms with van der Waals surface area (Å²) in [6, 6.07) is 1.39. The first kappa shape index (κ1) is 22.0. The van der Waals surface area contributed by atoms with Crippen molar-refractivity contribution < 1.29 is 4.79 Å². The van der Waals surface area contributed by atoms with E-state index in [-0.39, 0.29) is 30.7 Å². The van der Waals surface area contributed by atoms with Crippen LogP contribution in [0.3, 0.4) is 0 Å². The molecule has 0 saturated carbocycles. The quantitative estimate of drug-likeness (QED) is 0.745. The van der Waals surface area contributed by atoms with Crippen LogP contribution in [0.25, 0.3) is 0 Å². The summed E-state index contributed by atoms with van der Waals surface area (Å²) in [5, 5.41) is 6.83. The number of nitrogens with zero attached hydrogens (tertiary/aromatic N) is 1. The highest BCUT2D eigenvalue weighted by molar-refractivity contribution is 5.85. The molecule has 0 spiro atoms. The standard InChI is InChI=1S/C18H33N3O.2ClH/c1-2-21-9-6-14(7-10-21)5-8-19-18(22)13-15-11-16-3-4-17(12-15)20-16;;/h14-17,20H,2-13H2,1H3,(H,19,22);2*1H. The number of piperidine rings is 2. The minimum Gasteiger partial charge on any atom is -0.356 e. The van der Waals surface area contributed by atoms with Crippen LogP contribution in [0.2, 0.25) is 0 Å². The van der Waals surface area contributed by atoms with Crippen LogP contribution in [0, 0.1) is 11.8 Å². The van der Waals surface area contributed by atoms with E-state index in [0.717, 1.165) is 18.9 Å². The molecule has 3 saturated heterocycles. The molecule has 2 N–H and O–H groups in total. The van der Waals surface area contributed by atoms with Crippen molar-refractivity contribution in [1.29, 1.82) is 0 Å². The number of amides is 1. The zero-order valence-corrected chi connectivity index (χ0v) is 16.6. The number of hydrogen-bond acceptors (Lipinski definition) is 3. The Kier molecular flexibility index (Phi) is 9.95. The summed E-state index contributed by atoms with van der Waals surface area (Å²) in [4.78, 5) is 14.7. The maximum absolute atomic E-state index is 12.1. The number of rotatable bonds is 6. The van der Waals surface area contributed by atoms with E-state index in [1.807, 2.05) is 0 Å². The van der Waals surface area contributed by atoms with Crippen molar-refractivity contribution in [2.75, 3.05) is 26.2 Å². The number of hydrogen-bond donors (Lipinski definition) is 2. The molecular weight excluding hydrogens is 345 g/mol. The third-order valence-electron chi connectivity index (χ3n) is 6.07. The van der Waals surface area contributed by atoms with Crippen molar-refractivity contribution in [3.63, 3.8) is 0 Å². The van der Waals surface area contributed by atoms with Gasteiger partial charge in [-0.25, -0.2) is 0 Å². The monoisotopic (exact) mass is 379 g/mol. The molecule has 0 aromatic carbocycles. The van der Waals surface area contributed by atoms with Gasteiger partial charge in [0.1, 0.15) is 0 Å². The highest BCUT2D eigenvalue weighted by Crippen LogP contribution is 2.32. The van der Waals surface area contributed by atoms with Crippen molar-refractivity contribution in [2.45, 2.75) is 70.4 Å². The maximum Gasteiger partial charge on any atom is 0.220 e. The second-order valence-corrected chi connectivity index (χ2v) is 7.70. The van der Waals surface area contributed by atoms with Crippen LogP contribution in [-0.4, -0.2) is 49.1 Å². The van der Waals surface area contributed by atoms with Crippen LogP contribution in [0.5, 0.6) is 0 Å². The molecular formula is C18H35Cl2N3O. The molecule has 3 aliphatic heterocycles. The lowest BCUT2D eigenvalue weighted by atomic mass is 9.89. The molecule has 0 aromatic heterocycles. The summed E-state index contributed by atoms with van der Waals surface area (Å²) in [5.41, 5.74) is 0. The SMILES string of the molecule is CCN1CCC(CCNC(=O)CC2CC3CCC(C2)N3)CC1.Cl.Cl. The fourth-order valence-electron chi connectivity index (χ4n) is 4.68. The van der Waals surface area contributed by atoms with E-state index in [4.69, 9.17) is 0 Å². The minimum atomic E-state index is 0. The molecule has 3 heterocycles. The Bertz CT molecular complexity index is 363. The molecule has 24 heavy (non-hydrogen) atoms. The molecule has 0 aliphatic carbocycles. The van der Waals surface area contributed by atoms with Crippen LogP contribution < -0.4 is 10.6 Å². The average molecular weight is 380 g/mol. The Labute approximate surface area is 159 Å². The van der Waals surface area contributed by atoms with Gasteiger partial charge in [0.25, 0.3) is 0 Å². The Balaban J connectivity index is 0.00000144. The molecule has 3 rings (SSSR count). The van der Waals surface area contributed by atoms with E-state index < -0.39 is 0 Å².